The molecule has 8 nitrogen and oxygen atoms in total. The summed E-state index contributed by atoms with van der Waals surface area (Å²) in [6, 6.07) is 46.6. The molecule has 0 N–H and O–H groups in total. The Morgan fingerprint density at radius 2 is 0.722 bits per heavy atom. The molecule has 6 rings (SSSR count). The molecule has 12 heteroatoms. The number of ether oxygens (including phenoxy) is 4. The van der Waals surface area contributed by atoms with Gasteiger partial charge in [-0.1, -0.05) is 133 Å². The number of methoxy groups -OCH3 is 2. The summed E-state index contributed by atoms with van der Waals surface area (Å²) in [5, 5.41) is 3.46. The van der Waals surface area contributed by atoms with E-state index in [1.54, 1.807) is 36.4 Å². The Balaban J connectivity index is 1.28. The fourth-order valence-electron chi connectivity index (χ4n) is 6.07. The lowest BCUT2D eigenvalue weighted by molar-refractivity contribution is -0.167. The summed E-state index contributed by atoms with van der Waals surface area (Å²) in [6.45, 7) is 0. The zero-order chi connectivity index (χ0) is 38.3. The summed E-state index contributed by atoms with van der Waals surface area (Å²) < 4.78 is 53.8. The van der Waals surface area contributed by atoms with Crippen molar-refractivity contribution in [3.63, 3.8) is 0 Å². The van der Waals surface area contributed by atoms with E-state index in [0.29, 0.717) is 39.0 Å². The van der Waals surface area contributed by atoms with Crippen LogP contribution in [0.2, 0.25) is 0 Å². The first kappa shape index (κ1) is 39.8. The minimum absolute atomic E-state index is 0.135. The first-order valence-corrected chi connectivity index (χ1v) is 22.2. The van der Waals surface area contributed by atoms with Crippen molar-refractivity contribution in [1.82, 2.24) is 0 Å². The molecular weight excluding hydrogens is 948 g/mol. The Morgan fingerprint density at radius 1 is 0.444 bits per heavy atom. The van der Waals surface area contributed by atoms with Crippen LogP contribution in [-0.2, 0) is 28.2 Å². The lowest BCUT2D eigenvalue weighted by Crippen LogP contribution is -2.46. The molecule has 6 aromatic carbocycles. The van der Waals surface area contributed by atoms with Gasteiger partial charge in [-0.2, -0.15) is 0 Å². The minimum atomic E-state index is -3.40. The second-order valence-electron chi connectivity index (χ2n) is 11.9. The SMILES string of the molecule is CO[C@@H](C(=O)Oc1cccc(P(=O)(c2ccccc2)c2ccccc2)c1I)[C@@H](OC)C(=O)Oc1cccc(P(=O)(c2ccccc2)c2ccccc2)c1I. The predicted octanol–water partition coefficient (Wildman–Crippen LogP) is 6.72. The highest BCUT2D eigenvalue weighted by Crippen LogP contribution is 2.46. The molecular formula is C42H34I2O8P2. The molecule has 0 aliphatic heterocycles. The van der Waals surface area contributed by atoms with Gasteiger partial charge in [-0.15, -0.1) is 0 Å². The quantitative estimate of drug-likeness (QED) is 0.0545. The van der Waals surface area contributed by atoms with Gasteiger partial charge in [-0.3, -0.25) is 0 Å². The molecule has 2 atom stereocenters. The fourth-order valence-corrected chi connectivity index (χ4v) is 14.5. The largest absolute Gasteiger partial charge is 0.423 e. The maximum Gasteiger partial charge on any atom is 0.344 e. The van der Waals surface area contributed by atoms with E-state index >= 15 is 9.13 Å². The van der Waals surface area contributed by atoms with Gasteiger partial charge in [-0.05, 0) is 69.4 Å². The Morgan fingerprint density at radius 3 is 0.981 bits per heavy atom. The molecule has 0 radical (unpaired) electrons. The van der Waals surface area contributed by atoms with Crippen molar-refractivity contribution in [1.29, 1.82) is 0 Å². The molecule has 0 aliphatic rings. The van der Waals surface area contributed by atoms with Gasteiger partial charge in [0.15, 0.2) is 26.5 Å². The van der Waals surface area contributed by atoms with E-state index in [0.717, 1.165) is 0 Å². The zero-order valence-electron chi connectivity index (χ0n) is 29.1. The molecule has 0 aromatic heterocycles. The van der Waals surface area contributed by atoms with Gasteiger partial charge in [0.05, 0.1) is 7.14 Å². The highest BCUT2D eigenvalue weighted by molar-refractivity contribution is 14.1. The Bertz CT molecular complexity index is 2090. The van der Waals surface area contributed by atoms with Crippen molar-refractivity contribution in [3.05, 3.63) is 165 Å². The third-order valence-electron chi connectivity index (χ3n) is 8.71. The molecule has 0 bridgehead atoms. The van der Waals surface area contributed by atoms with Crippen LogP contribution in [0.5, 0.6) is 11.5 Å². The first-order chi connectivity index (χ1) is 26.1. The number of halogens is 2. The van der Waals surface area contributed by atoms with E-state index < -0.39 is 38.4 Å². The van der Waals surface area contributed by atoms with Crippen LogP contribution in [0, 0.1) is 7.14 Å². The zero-order valence-corrected chi connectivity index (χ0v) is 35.2. The summed E-state index contributed by atoms with van der Waals surface area (Å²) in [7, 11) is -4.30. The van der Waals surface area contributed by atoms with Crippen molar-refractivity contribution in [2.45, 2.75) is 12.2 Å². The highest BCUT2D eigenvalue weighted by Gasteiger charge is 2.40. The third-order valence-corrected chi connectivity index (χ3v) is 18.0. The van der Waals surface area contributed by atoms with Gasteiger partial charge < -0.3 is 28.1 Å². The molecule has 6 aromatic rings. The molecule has 0 aliphatic carbocycles. The van der Waals surface area contributed by atoms with Crippen molar-refractivity contribution < 1.29 is 37.7 Å². The lowest BCUT2D eigenvalue weighted by Gasteiger charge is -2.25. The smallest absolute Gasteiger partial charge is 0.344 e. The van der Waals surface area contributed by atoms with Crippen LogP contribution in [0.4, 0.5) is 0 Å². The molecule has 0 spiro atoms. The second-order valence-corrected chi connectivity index (χ2v) is 19.5. The average Bonchev–Trinajstić information content (AvgIpc) is 3.22. The third kappa shape index (κ3) is 7.92. The van der Waals surface area contributed by atoms with Crippen molar-refractivity contribution >= 4 is 103 Å². The molecule has 0 heterocycles. The van der Waals surface area contributed by atoms with Gasteiger partial charge >= 0.3 is 11.9 Å². The van der Waals surface area contributed by atoms with E-state index in [9.17, 15) is 9.59 Å². The van der Waals surface area contributed by atoms with E-state index in [2.05, 4.69) is 0 Å². The average molecular weight is 982 g/mol. The molecule has 0 saturated carbocycles. The van der Waals surface area contributed by atoms with Crippen LogP contribution in [0.15, 0.2) is 158 Å². The maximum absolute atomic E-state index is 15.1. The Hall–Kier alpha value is -3.90. The van der Waals surface area contributed by atoms with E-state index in [1.807, 2.05) is 167 Å². The van der Waals surface area contributed by atoms with Crippen LogP contribution in [-0.4, -0.2) is 38.4 Å². The number of hydrogen-bond acceptors (Lipinski definition) is 8. The molecule has 0 fully saturated rings. The van der Waals surface area contributed by atoms with E-state index in [1.165, 1.54) is 14.2 Å². The maximum atomic E-state index is 15.1. The summed E-state index contributed by atoms with van der Waals surface area (Å²) in [5.41, 5.74) is 0. The molecule has 0 amide bonds. The molecule has 0 unspecified atom stereocenters. The second kappa shape index (κ2) is 17.7. The van der Waals surface area contributed by atoms with Crippen molar-refractivity contribution in [2.24, 2.45) is 0 Å². The van der Waals surface area contributed by atoms with Crippen molar-refractivity contribution in [2.75, 3.05) is 14.2 Å². The lowest BCUT2D eigenvalue weighted by atomic mass is 10.2. The number of rotatable bonds is 13. The number of hydrogen-bond donors (Lipinski definition) is 0. The normalized spacial score (nSPS) is 12.7. The van der Waals surface area contributed by atoms with E-state index in [4.69, 9.17) is 18.9 Å². The van der Waals surface area contributed by atoms with Gasteiger partial charge in [0.2, 0.25) is 0 Å². The van der Waals surface area contributed by atoms with Gasteiger partial charge in [-0.25, -0.2) is 9.59 Å². The number of carbonyl (C=O) groups excluding carboxylic acids is 2. The van der Waals surface area contributed by atoms with Gasteiger partial charge in [0.25, 0.3) is 0 Å². The minimum Gasteiger partial charge on any atom is -0.423 e. The van der Waals surface area contributed by atoms with Crippen LogP contribution < -0.4 is 41.3 Å². The summed E-state index contributed by atoms with van der Waals surface area (Å²) in [6.07, 6.45) is -3.09. The monoisotopic (exact) mass is 982 g/mol. The summed E-state index contributed by atoms with van der Waals surface area (Å²) >= 11 is 4.06. The summed E-state index contributed by atoms with van der Waals surface area (Å²) in [4.78, 5) is 27.5. The van der Waals surface area contributed by atoms with E-state index in [-0.39, 0.29) is 11.5 Å². The fraction of sp³-hybridized carbons (Fsp3) is 0.0952. The standard InChI is InChI=1S/C42H34I2O8P2/c1-49-39(41(45)51-33-25-15-27-35(37(33)43)53(47,29-17-7-3-8-18-29)30-19-9-4-10-20-30)40(50-2)42(46)52-34-26-16-28-36(38(34)44)54(48,31-21-11-5-12-22-31)32-23-13-6-14-24-32/h3-28,39-40H,1-2H3/t39-,40-/m1/s1. The highest BCUT2D eigenvalue weighted by atomic mass is 127. The molecule has 54 heavy (non-hydrogen) atoms. The molecule has 0 saturated heterocycles. The van der Waals surface area contributed by atoms with Crippen LogP contribution in [0.3, 0.4) is 0 Å². The van der Waals surface area contributed by atoms with Gasteiger partial charge in [0, 0.05) is 46.0 Å². The van der Waals surface area contributed by atoms with Crippen LogP contribution in [0.25, 0.3) is 0 Å². The molecule has 274 valence electrons. The number of carbonyl (C=O) groups is 2. The first-order valence-electron chi connectivity index (χ1n) is 16.6. The Labute approximate surface area is 341 Å². The van der Waals surface area contributed by atoms with Crippen LogP contribution >= 0.6 is 59.5 Å². The number of benzene rings is 6. The van der Waals surface area contributed by atoms with Crippen molar-refractivity contribution in [3.8, 4) is 11.5 Å². The topological polar surface area (TPSA) is 105 Å². The van der Waals surface area contributed by atoms with Crippen LogP contribution in [0.1, 0.15) is 0 Å². The van der Waals surface area contributed by atoms with Gasteiger partial charge in [0.1, 0.15) is 11.5 Å². The Kier molecular flexibility index (Phi) is 13.0. The summed E-state index contributed by atoms with van der Waals surface area (Å²) in [5.74, 6) is -1.58. The number of esters is 2. The predicted molar refractivity (Wildman–Crippen MR) is 230 cm³/mol.